The van der Waals surface area contributed by atoms with Crippen molar-refractivity contribution >= 4 is 11.8 Å². The zero-order chi connectivity index (χ0) is 38.1. The molecule has 0 bridgehead atoms. The van der Waals surface area contributed by atoms with Gasteiger partial charge in [0.1, 0.15) is 46.0 Å². The number of rotatable bonds is 4. The summed E-state index contributed by atoms with van der Waals surface area (Å²) in [6, 6.07) is 19.0. The van der Waals surface area contributed by atoms with Crippen molar-refractivity contribution in [3.8, 4) is 46.0 Å². The summed E-state index contributed by atoms with van der Waals surface area (Å²) < 4.78 is 0. The van der Waals surface area contributed by atoms with Gasteiger partial charge in [0.25, 0.3) is 0 Å². The second-order valence-corrected chi connectivity index (χ2v) is 9.34. The van der Waals surface area contributed by atoms with E-state index in [1.54, 1.807) is 26.2 Å². The van der Waals surface area contributed by atoms with Crippen molar-refractivity contribution in [1.29, 1.82) is 0 Å². The highest BCUT2D eigenvalue weighted by Crippen LogP contribution is 2.28. The largest absolute Gasteiger partial charge is 0.508 e. The van der Waals surface area contributed by atoms with Crippen LogP contribution in [-0.4, -0.2) is 94.1 Å². The maximum atomic E-state index is 10.9. The summed E-state index contributed by atoms with van der Waals surface area (Å²) in [5.74, 6) is -0.265. The predicted octanol–water partition coefficient (Wildman–Crippen LogP) is 2.71. The van der Waals surface area contributed by atoms with Gasteiger partial charge in [-0.15, -0.1) is 0 Å². The number of hydrogen-bond donors (Lipinski definition) is 12. The fourth-order valence-corrected chi connectivity index (χ4v) is 3.02. The van der Waals surface area contributed by atoms with Gasteiger partial charge in [-0.05, 0) is 48.5 Å². The van der Waals surface area contributed by atoms with E-state index < -0.39 is 0 Å². The van der Waals surface area contributed by atoms with Crippen molar-refractivity contribution in [1.82, 2.24) is 10.2 Å². The summed E-state index contributed by atoms with van der Waals surface area (Å²) in [5, 5.41) is 98.6. The molecule has 270 valence electrons. The summed E-state index contributed by atoms with van der Waals surface area (Å²) in [5.41, 5.74) is 0.704. The zero-order valence-corrected chi connectivity index (χ0v) is 27.8. The predicted molar refractivity (Wildman–Crippen MR) is 181 cm³/mol. The highest BCUT2D eigenvalue weighted by atomic mass is 16.3. The average Bonchev–Trinajstić information content (AvgIpc) is 3.05. The molecule has 0 aromatic heterocycles. The Labute approximate surface area is 284 Å². The van der Waals surface area contributed by atoms with Crippen LogP contribution >= 0.6 is 0 Å². The van der Waals surface area contributed by atoms with Gasteiger partial charge in [0.2, 0.25) is 11.8 Å². The number of benzene rings is 4. The minimum Gasteiger partial charge on any atom is -0.508 e. The summed E-state index contributed by atoms with van der Waals surface area (Å²) in [6.07, 6.45) is 0. The molecule has 0 saturated carbocycles. The van der Waals surface area contributed by atoms with Gasteiger partial charge in [-0.3, -0.25) is 9.59 Å². The lowest BCUT2D eigenvalue weighted by molar-refractivity contribution is -0.128. The molecule has 0 saturated heterocycles. The number of nitrogens with zero attached hydrogens (tertiary/aromatic N) is 1. The maximum absolute atomic E-state index is 10.9. The molecule has 0 radical (unpaired) electrons. The monoisotopic (exact) mass is 690 g/mol. The van der Waals surface area contributed by atoms with E-state index in [-0.39, 0.29) is 88.7 Å². The Morgan fingerprint density at radius 1 is 0.571 bits per heavy atom. The third-order valence-electron chi connectivity index (χ3n) is 5.81. The van der Waals surface area contributed by atoms with Crippen molar-refractivity contribution in [3.05, 3.63) is 95.6 Å². The Hall–Kier alpha value is -5.90. The van der Waals surface area contributed by atoms with Gasteiger partial charge in [-0.1, -0.05) is 24.3 Å². The van der Waals surface area contributed by atoms with Crippen molar-refractivity contribution in [3.63, 3.8) is 0 Å². The molecule has 0 unspecified atom stereocenters. The van der Waals surface area contributed by atoms with Crippen LogP contribution in [0.1, 0.15) is 30.5 Å². The zero-order valence-electron chi connectivity index (χ0n) is 27.8. The summed E-state index contributed by atoms with van der Waals surface area (Å²) in [7, 11) is 4.20. The van der Waals surface area contributed by atoms with E-state index in [0.29, 0.717) is 5.56 Å². The maximum Gasteiger partial charge on any atom is 0.219 e. The van der Waals surface area contributed by atoms with E-state index in [9.17, 15) is 19.8 Å². The second-order valence-electron chi connectivity index (χ2n) is 9.34. The summed E-state index contributed by atoms with van der Waals surface area (Å²) in [4.78, 5) is 22.0. The van der Waals surface area contributed by atoms with Crippen LogP contribution in [0.15, 0.2) is 78.9 Å². The van der Waals surface area contributed by atoms with Crippen LogP contribution in [0.4, 0.5) is 0 Å². The summed E-state index contributed by atoms with van der Waals surface area (Å²) >= 11 is 0. The first-order chi connectivity index (χ1) is 23.1. The number of aliphatic hydroxyl groups excluding tert-OH is 3. The second kappa shape index (κ2) is 25.2. The van der Waals surface area contributed by atoms with E-state index in [1.165, 1.54) is 85.5 Å². The number of nitrogens with one attached hydrogen (secondary N) is 1. The molecular weight excluding hydrogens is 644 g/mol. The number of carbonyl (C=O) groups is 2. The van der Waals surface area contributed by atoms with E-state index in [4.69, 9.17) is 46.0 Å². The van der Waals surface area contributed by atoms with Crippen LogP contribution in [0.3, 0.4) is 0 Å². The number of phenols is 8. The van der Waals surface area contributed by atoms with Gasteiger partial charge in [-0.25, -0.2) is 0 Å². The molecule has 49 heavy (non-hydrogen) atoms. The van der Waals surface area contributed by atoms with Crippen LogP contribution in [0.25, 0.3) is 0 Å². The molecule has 15 heteroatoms. The average molecular weight is 691 g/mol. The normalized spacial score (nSPS) is 9.06. The topological polar surface area (TPSA) is 272 Å². The number of hydrogen-bond acceptors (Lipinski definition) is 13. The number of aliphatic hydroxyl groups is 3. The Morgan fingerprint density at radius 2 is 0.837 bits per heavy atom. The molecule has 0 aliphatic rings. The Kier molecular flexibility index (Phi) is 23.3. The molecule has 4 aromatic carbocycles. The smallest absolute Gasteiger partial charge is 0.219 e. The lowest BCUT2D eigenvalue weighted by Crippen LogP contribution is -2.23. The van der Waals surface area contributed by atoms with Crippen molar-refractivity contribution in [2.24, 2.45) is 0 Å². The van der Waals surface area contributed by atoms with Crippen molar-refractivity contribution < 1.29 is 65.8 Å². The number of carbonyl (C=O) groups excluding carboxylic acids is 2. The van der Waals surface area contributed by atoms with Crippen LogP contribution in [-0.2, 0) is 29.3 Å². The molecule has 0 heterocycles. The number of aromatic hydroxyl groups is 8. The van der Waals surface area contributed by atoms with Crippen molar-refractivity contribution in [2.45, 2.75) is 33.6 Å². The van der Waals surface area contributed by atoms with E-state index in [1.807, 2.05) is 0 Å². The van der Waals surface area contributed by atoms with Crippen LogP contribution in [0, 0.1) is 0 Å². The number of amides is 2. The molecule has 4 aromatic rings. The van der Waals surface area contributed by atoms with Gasteiger partial charge in [0.05, 0.1) is 36.4 Å². The SMILES string of the molecule is CC(=O)N(C)Cc1c(O)cccc1O.CNC(C)=O.CO.OCc1c(O)cccc1O.OCc1c(O)cccc1O.Oc1cccc(O)c1. The summed E-state index contributed by atoms with van der Waals surface area (Å²) in [6.45, 7) is 2.40. The highest BCUT2D eigenvalue weighted by molar-refractivity contribution is 5.73. The quantitative estimate of drug-likeness (QED) is 0.147. The van der Waals surface area contributed by atoms with Gasteiger partial charge >= 0.3 is 0 Å². The molecule has 2 amide bonds. The van der Waals surface area contributed by atoms with Crippen molar-refractivity contribution in [2.75, 3.05) is 21.2 Å². The van der Waals surface area contributed by atoms with E-state index in [2.05, 4.69) is 5.32 Å². The molecule has 12 N–H and O–H groups in total. The van der Waals surface area contributed by atoms with Gasteiger partial charge < -0.3 is 66.4 Å². The fraction of sp³-hybridized carbons (Fsp3) is 0.235. The van der Waals surface area contributed by atoms with Crippen LogP contribution < -0.4 is 5.32 Å². The third kappa shape index (κ3) is 18.7. The first-order valence-corrected chi connectivity index (χ1v) is 14.1. The molecule has 0 fully saturated rings. The van der Waals surface area contributed by atoms with Crippen LogP contribution in [0.2, 0.25) is 0 Å². The molecule has 0 spiro atoms. The first-order valence-electron chi connectivity index (χ1n) is 14.1. The lowest BCUT2D eigenvalue weighted by Gasteiger charge is -2.16. The van der Waals surface area contributed by atoms with Crippen LogP contribution in [0.5, 0.6) is 46.0 Å². The highest BCUT2D eigenvalue weighted by Gasteiger charge is 2.11. The molecule has 0 aliphatic heterocycles. The molecule has 0 aliphatic carbocycles. The Balaban J connectivity index is 0. The van der Waals surface area contributed by atoms with Gasteiger partial charge in [-0.2, -0.15) is 0 Å². The molecular formula is C34H46N2O13. The molecule has 4 rings (SSSR count). The van der Waals surface area contributed by atoms with E-state index >= 15 is 0 Å². The fourth-order valence-electron chi connectivity index (χ4n) is 3.02. The Bertz CT molecular complexity index is 1420. The third-order valence-corrected chi connectivity index (χ3v) is 5.81. The minimum absolute atomic E-state index is 0.00176. The van der Waals surface area contributed by atoms with E-state index in [0.717, 1.165) is 7.11 Å². The van der Waals surface area contributed by atoms with Gasteiger partial charge in [0.15, 0.2) is 0 Å². The standard InChI is InChI=1S/C10H13NO3.2C7H8O3.C6H6O2.C3H7NO.CH4O/c1-7(12)11(2)6-8-9(13)4-3-5-10(8)14;2*8-4-5-6(9)2-1-3-7(5)10;7-5-2-1-3-6(8)4-5;1-3(5)4-2;1-2/h3-5,13-14H,6H2,1-2H3;2*1-3,8-10H,4H2;1-4,7-8H;1-2H3,(H,4,5);2H,1H3. The lowest BCUT2D eigenvalue weighted by atomic mass is 10.1. The molecule has 0 atom stereocenters. The molecule has 15 nitrogen and oxygen atoms in total. The Morgan fingerprint density at radius 3 is 1.02 bits per heavy atom. The minimum atomic E-state index is -0.349. The first kappa shape index (κ1) is 45.2. The number of phenolic OH excluding ortho intramolecular Hbond substituents is 4. The van der Waals surface area contributed by atoms with Gasteiger partial charge in [0, 0.05) is 41.1 Å².